The van der Waals surface area contributed by atoms with Crippen LogP contribution in [-0.2, 0) is 11.3 Å². The maximum absolute atomic E-state index is 13.9. The predicted octanol–water partition coefficient (Wildman–Crippen LogP) is 4.42. The molecule has 1 fully saturated rings. The zero-order chi connectivity index (χ0) is 27.8. The van der Waals surface area contributed by atoms with Gasteiger partial charge < -0.3 is 24.8 Å². The van der Waals surface area contributed by atoms with Gasteiger partial charge in [0.2, 0.25) is 5.91 Å². The summed E-state index contributed by atoms with van der Waals surface area (Å²) in [5.41, 5.74) is 1.17. The SMILES string of the molecule is COc1cccc(CN2CCC3(CCCCNC(=O)c4ccccc4OC[C@H](C(C)C)NC3=O)CC2)c1OC. The average Bonchev–Trinajstić information content (AvgIpc) is 2.95. The van der Waals surface area contributed by atoms with Crippen LogP contribution in [0.2, 0.25) is 0 Å². The number of hydrogen-bond acceptors (Lipinski definition) is 6. The van der Waals surface area contributed by atoms with Crippen LogP contribution in [0.1, 0.15) is 61.9 Å². The molecular formula is C31H43N3O5. The summed E-state index contributed by atoms with van der Waals surface area (Å²) in [6.45, 7) is 7.44. The monoisotopic (exact) mass is 537 g/mol. The Labute approximate surface area is 232 Å². The highest BCUT2D eigenvalue weighted by atomic mass is 16.5. The van der Waals surface area contributed by atoms with Crippen LogP contribution in [0.15, 0.2) is 42.5 Å². The molecule has 8 heteroatoms. The molecule has 1 spiro atoms. The first-order valence-corrected chi connectivity index (χ1v) is 14.1. The predicted molar refractivity (Wildman–Crippen MR) is 151 cm³/mol. The van der Waals surface area contributed by atoms with Crippen molar-refractivity contribution in [3.05, 3.63) is 53.6 Å². The van der Waals surface area contributed by atoms with Crippen molar-refractivity contribution in [2.45, 2.75) is 58.5 Å². The van der Waals surface area contributed by atoms with Crippen molar-refractivity contribution in [2.24, 2.45) is 11.3 Å². The number of nitrogens with zero attached hydrogens (tertiary/aromatic N) is 1. The van der Waals surface area contributed by atoms with E-state index in [1.54, 1.807) is 20.3 Å². The molecule has 2 amide bonds. The van der Waals surface area contributed by atoms with E-state index in [-0.39, 0.29) is 23.8 Å². The molecule has 1 saturated heterocycles. The molecular weight excluding hydrogens is 494 g/mol. The molecule has 4 rings (SSSR count). The molecule has 0 bridgehead atoms. The first-order chi connectivity index (χ1) is 18.9. The Morgan fingerprint density at radius 1 is 1.00 bits per heavy atom. The first kappa shape index (κ1) is 28.7. The Bertz CT molecular complexity index is 1130. The Hall–Kier alpha value is -3.26. The van der Waals surface area contributed by atoms with E-state index >= 15 is 0 Å². The summed E-state index contributed by atoms with van der Waals surface area (Å²) in [6, 6.07) is 13.1. The van der Waals surface area contributed by atoms with E-state index in [0.29, 0.717) is 24.5 Å². The van der Waals surface area contributed by atoms with Crippen LogP contribution < -0.4 is 24.8 Å². The van der Waals surface area contributed by atoms with Gasteiger partial charge in [0.1, 0.15) is 12.4 Å². The van der Waals surface area contributed by atoms with Crippen molar-refractivity contribution in [3.63, 3.8) is 0 Å². The third-order valence-corrected chi connectivity index (χ3v) is 8.21. The molecule has 2 aromatic carbocycles. The van der Waals surface area contributed by atoms with E-state index in [4.69, 9.17) is 14.2 Å². The van der Waals surface area contributed by atoms with Gasteiger partial charge in [-0.3, -0.25) is 14.5 Å². The number of ether oxygens (including phenoxy) is 3. The Morgan fingerprint density at radius 2 is 1.77 bits per heavy atom. The normalized spacial score (nSPS) is 20.8. The molecule has 1 atom stereocenters. The zero-order valence-corrected chi connectivity index (χ0v) is 23.8. The van der Waals surface area contributed by atoms with Crippen LogP contribution >= 0.6 is 0 Å². The van der Waals surface area contributed by atoms with E-state index in [0.717, 1.165) is 68.8 Å². The van der Waals surface area contributed by atoms with Crippen LogP contribution in [0.3, 0.4) is 0 Å². The third kappa shape index (κ3) is 6.85. The fourth-order valence-corrected chi connectivity index (χ4v) is 5.62. The summed E-state index contributed by atoms with van der Waals surface area (Å²) in [5, 5.41) is 6.39. The summed E-state index contributed by atoms with van der Waals surface area (Å²) in [5.74, 6) is 2.22. The number of hydrogen-bond donors (Lipinski definition) is 2. The summed E-state index contributed by atoms with van der Waals surface area (Å²) >= 11 is 0. The summed E-state index contributed by atoms with van der Waals surface area (Å²) < 4.78 is 17.2. The molecule has 0 radical (unpaired) electrons. The molecule has 212 valence electrons. The number of methoxy groups -OCH3 is 2. The number of para-hydroxylation sites is 2. The van der Waals surface area contributed by atoms with E-state index in [1.165, 1.54) is 0 Å². The minimum atomic E-state index is -0.436. The lowest BCUT2D eigenvalue weighted by Gasteiger charge is -2.42. The van der Waals surface area contributed by atoms with Crippen molar-refractivity contribution in [2.75, 3.05) is 40.5 Å². The van der Waals surface area contributed by atoms with Crippen LogP contribution in [0.5, 0.6) is 17.2 Å². The highest BCUT2D eigenvalue weighted by Gasteiger charge is 2.42. The minimum Gasteiger partial charge on any atom is -0.493 e. The second kappa shape index (κ2) is 13.2. The molecule has 8 nitrogen and oxygen atoms in total. The first-order valence-electron chi connectivity index (χ1n) is 14.1. The summed E-state index contributed by atoms with van der Waals surface area (Å²) in [4.78, 5) is 29.1. The highest BCUT2D eigenvalue weighted by Crippen LogP contribution is 2.39. The van der Waals surface area contributed by atoms with Crippen molar-refractivity contribution in [1.29, 1.82) is 0 Å². The van der Waals surface area contributed by atoms with E-state index < -0.39 is 5.41 Å². The quantitative estimate of drug-likeness (QED) is 0.587. The zero-order valence-electron chi connectivity index (χ0n) is 23.8. The maximum Gasteiger partial charge on any atom is 0.255 e. The fourth-order valence-electron chi connectivity index (χ4n) is 5.62. The minimum absolute atomic E-state index is 0.121. The Morgan fingerprint density at radius 3 is 2.49 bits per heavy atom. The van der Waals surface area contributed by atoms with Gasteiger partial charge in [0.05, 0.1) is 31.2 Å². The third-order valence-electron chi connectivity index (χ3n) is 8.21. The number of likely N-dealkylation sites (tertiary alicyclic amines) is 1. The second-order valence-corrected chi connectivity index (χ2v) is 11.1. The fraction of sp³-hybridized carbons (Fsp3) is 0.548. The number of carbonyl (C=O) groups is 2. The van der Waals surface area contributed by atoms with Crippen molar-refractivity contribution < 1.29 is 23.8 Å². The van der Waals surface area contributed by atoms with Crippen molar-refractivity contribution >= 4 is 11.8 Å². The number of fused-ring (bicyclic) bond motifs is 1. The number of rotatable bonds is 5. The topological polar surface area (TPSA) is 89.1 Å². The van der Waals surface area contributed by atoms with Gasteiger partial charge in [-0.15, -0.1) is 0 Å². The van der Waals surface area contributed by atoms with Crippen LogP contribution in [0, 0.1) is 11.3 Å². The molecule has 2 aromatic rings. The molecule has 2 aliphatic heterocycles. The number of nitrogens with one attached hydrogen (secondary N) is 2. The average molecular weight is 538 g/mol. The Balaban J connectivity index is 1.49. The lowest BCUT2D eigenvalue weighted by molar-refractivity contribution is -0.136. The molecule has 2 N–H and O–H groups in total. The largest absolute Gasteiger partial charge is 0.493 e. The van der Waals surface area contributed by atoms with Gasteiger partial charge in [0.25, 0.3) is 5.91 Å². The van der Waals surface area contributed by atoms with Crippen molar-refractivity contribution in [1.82, 2.24) is 15.5 Å². The summed E-state index contributed by atoms with van der Waals surface area (Å²) in [6.07, 6.45) is 4.06. The molecule has 2 aliphatic rings. The van der Waals surface area contributed by atoms with Gasteiger partial charge >= 0.3 is 0 Å². The summed E-state index contributed by atoms with van der Waals surface area (Å²) in [7, 11) is 3.32. The second-order valence-electron chi connectivity index (χ2n) is 11.1. The molecule has 0 aliphatic carbocycles. The van der Waals surface area contributed by atoms with E-state index in [1.807, 2.05) is 30.3 Å². The van der Waals surface area contributed by atoms with Crippen LogP contribution in [0.4, 0.5) is 0 Å². The molecule has 0 aromatic heterocycles. The maximum atomic E-state index is 13.9. The van der Waals surface area contributed by atoms with E-state index in [9.17, 15) is 9.59 Å². The van der Waals surface area contributed by atoms with Gasteiger partial charge in [-0.2, -0.15) is 0 Å². The number of piperidine rings is 1. The van der Waals surface area contributed by atoms with Gasteiger partial charge in [-0.25, -0.2) is 0 Å². The number of benzene rings is 2. The van der Waals surface area contributed by atoms with Gasteiger partial charge in [0, 0.05) is 18.7 Å². The van der Waals surface area contributed by atoms with Crippen LogP contribution in [0.25, 0.3) is 0 Å². The highest BCUT2D eigenvalue weighted by molar-refractivity contribution is 5.96. The number of amides is 2. The number of carbonyl (C=O) groups excluding carboxylic acids is 2. The molecule has 0 saturated carbocycles. The van der Waals surface area contributed by atoms with Crippen molar-refractivity contribution in [3.8, 4) is 17.2 Å². The van der Waals surface area contributed by atoms with E-state index in [2.05, 4.69) is 35.4 Å². The van der Waals surface area contributed by atoms with Crippen LogP contribution in [-0.4, -0.2) is 63.2 Å². The van der Waals surface area contributed by atoms with Gasteiger partial charge in [-0.1, -0.05) is 44.5 Å². The smallest absolute Gasteiger partial charge is 0.255 e. The van der Waals surface area contributed by atoms with Gasteiger partial charge in [-0.05, 0) is 62.9 Å². The standard InChI is InChI=1S/C31H43N3O5/c1-22(2)25-21-39-26-12-6-5-11-24(26)29(35)32-17-8-7-14-31(30(36)33-25)15-18-34(19-16-31)20-23-10-9-13-27(37-3)28(23)38-4/h5-6,9-13,22,25H,7-8,14-21H2,1-4H3,(H,32,35)(H,33,36)/t25-/m1/s1. The Kier molecular flexibility index (Phi) is 9.73. The van der Waals surface area contributed by atoms with Gasteiger partial charge in [0.15, 0.2) is 11.5 Å². The molecule has 39 heavy (non-hydrogen) atoms. The lowest BCUT2D eigenvalue weighted by Crippen LogP contribution is -2.53. The molecule has 2 heterocycles. The molecule has 0 unspecified atom stereocenters. The lowest BCUT2D eigenvalue weighted by atomic mass is 9.73.